The molecule has 0 unspecified atom stereocenters. The molecule has 0 bridgehead atoms. The fraction of sp³-hybridized carbons (Fsp3) is 0.632. The minimum absolute atomic E-state index is 0.195. The van der Waals surface area contributed by atoms with Crippen LogP contribution in [0.2, 0.25) is 0 Å². The molecule has 1 amide bonds. The number of likely N-dealkylation sites (tertiary alicyclic amines) is 1. The first-order valence-corrected chi connectivity index (χ1v) is 9.11. The lowest BCUT2D eigenvalue weighted by Gasteiger charge is -2.32. The van der Waals surface area contributed by atoms with Crippen molar-refractivity contribution in [2.24, 2.45) is 0 Å². The Hall–Kier alpha value is -1.43. The summed E-state index contributed by atoms with van der Waals surface area (Å²) in [5.74, 6) is 0.237. The molecule has 132 valence electrons. The SMILES string of the molecule is O=C(CCN1CCC(OCCCO)CC1)N1CCc2ccccc21. The van der Waals surface area contributed by atoms with Crippen molar-refractivity contribution in [3.8, 4) is 0 Å². The molecule has 2 aliphatic rings. The first-order valence-electron chi connectivity index (χ1n) is 9.11. The molecule has 3 rings (SSSR count). The predicted octanol–water partition coefficient (Wildman–Crippen LogP) is 1.83. The lowest BCUT2D eigenvalue weighted by molar-refractivity contribution is -0.119. The van der Waals surface area contributed by atoms with Crippen LogP contribution in [0.25, 0.3) is 0 Å². The Kier molecular flexibility index (Phi) is 6.24. The van der Waals surface area contributed by atoms with Crippen LogP contribution in [-0.4, -0.2) is 61.4 Å². The number of ether oxygens (including phenoxy) is 1. The molecule has 1 fully saturated rings. The Morgan fingerprint density at radius 2 is 2.00 bits per heavy atom. The van der Waals surface area contributed by atoms with Gasteiger partial charge in [-0.15, -0.1) is 0 Å². The van der Waals surface area contributed by atoms with E-state index >= 15 is 0 Å². The van der Waals surface area contributed by atoms with E-state index in [0.717, 1.165) is 51.1 Å². The molecule has 1 saturated heterocycles. The average Bonchev–Trinajstić information content (AvgIpc) is 3.05. The van der Waals surface area contributed by atoms with Crippen molar-refractivity contribution in [1.82, 2.24) is 4.90 Å². The van der Waals surface area contributed by atoms with Gasteiger partial charge >= 0.3 is 0 Å². The fourth-order valence-corrected chi connectivity index (χ4v) is 3.60. The van der Waals surface area contributed by atoms with Crippen molar-refractivity contribution in [1.29, 1.82) is 0 Å². The third kappa shape index (κ3) is 4.35. The Bertz CT molecular complexity index is 541. The van der Waals surface area contributed by atoms with Crippen molar-refractivity contribution in [3.63, 3.8) is 0 Å². The van der Waals surface area contributed by atoms with E-state index in [4.69, 9.17) is 9.84 Å². The fourth-order valence-electron chi connectivity index (χ4n) is 3.60. The van der Waals surface area contributed by atoms with Gasteiger partial charge < -0.3 is 19.6 Å². The number of rotatable bonds is 7. The number of hydrogen-bond donors (Lipinski definition) is 1. The van der Waals surface area contributed by atoms with E-state index in [2.05, 4.69) is 17.0 Å². The lowest BCUT2D eigenvalue weighted by atomic mass is 10.1. The van der Waals surface area contributed by atoms with Crippen LogP contribution in [0.3, 0.4) is 0 Å². The minimum atomic E-state index is 0.195. The first kappa shape index (κ1) is 17.4. The van der Waals surface area contributed by atoms with E-state index in [1.807, 2.05) is 17.0 Å². The summed E-state index contributed by atoms with van der Waals surface area (Å²) in [5, 5.41) is 8.79. The Morgan fingerprint density at radius 3 is 2.79 bits per heavy atom. The summed E-state index contributed by atoms with van der Waals surface area (Å²) in [5.41, 5.74) is 2.38. The molecule has 2 heterocycles. The van der Waals surface area contributed by atoms with Gasteiger partial charge in [-0.25, -0.2) is 0 Å². The molecule has 0 aromatic heterocycles. The molecule has 2 aliphatic heterocycles. The van der Waals surface area contributed by atoms with Crippen LogP contribution in [-0.2, 0) is 16.0 Å². The van der Waals surface area contributed by atoms with Crippen molar-refractivity contribution in [3.05, 3.63) is 29.8 Å². The van der Waals surface area contributed by atoms with Crippen LogP contribution < -0.4 is 4.90 Å². The van der Waals surface area contributed by atoms with Crippen LogP contribution in [0.15, 0.2) is 24.3 Å². The van der Waals surface area contributed by atoms with Gasteiger partial charge in [-0.1, -0.05) is 18.2 Å². The van der Waals surface area contributed by atoms with Crippen molar-refractivity contribution in [2.75, 3.05) is 44.3 Å². The second kappa shape index (κ2) is 8.60. The van der Waals surface area contributed by atoms with Gasteiger partial charge in [0.2, 0.25) is 5.91 Å². The Morgan fingerprint density at radius 1 is 1.21 bits per heavy atom. The number of carbonyl (C=O) groups is 1. The molecule has 1 aromatic carbocycles. The third-order valence-electron chi connectivity index (χ3n) is 5.02. The number of anilines is 1. The maximum atomic E-state index is 12.5. The summed E-state index contributed by atoms with van der Waals surface area (Å²) in [4.78, 5) is 16.9. The highest BCUT2D eigenvalue weighted by Gasteiger charge is 2.25. The van der Waals surface area contributed by atoms with Gasteiger partial charge in [-0.05, 0) is 37.3 Å². The number of hydrogen-bond acceptors (Lipinski definition) is 4. The smallest absolute Gasteiger partial charge is 0.228 e. The molecular weight excluding hydrogens is 304 g/mol. The molecule has 1 aromatic rings. The summed E-state index contributed by atoms with van der Waals surface area (Å²) < 4.78 is 5.76. The molecule has 24 heavy (non-hydrogen) atoms. The quantitative estimate of drug-likeness (QED) is 0.774. The number of piperidine rings is 1. The van der Waals surface area contributed by atoms with Gasteiger partial charge in [0.15, 0.2) is 0 Å². The molecule has 0 spiro atoms. The van der Waals surface area contributed by atoms with Crippen molar-refractivity contribution >= 4 is 11.6 Å². The number of para-hydroxylation sites is 1. The normalized spacial score (nSPS) is 18.8. The highest BCUT2D eigenvalue weighted by molar-refractivity contribution is 5.95. The zero-order valence-electron chi connectivity index (χ0n) is 14.3. The standard InChI is InChI=1S/C19H28N2O3/c22-14-3-15-24-17-7-10-20(11-8-17)12-9-19(23)21-13-6-16-4-1-2-5-18(16)21/h1-2,4-5,17,22H,3,6-15H2. The molecule has 5 nitrogen and oxygen atoms in total. The summed E-state index contributed by atoms with van der Waals surface area (Å²) >= 11 is 0. The van der Waals surface area contributed by atoms with Gasteiger partial charge in [-0.3, -0.25) is 4.79 Å². The molecule has 5 heteroatoms. The number of nitrogens with zero attached hydrogens (tertiary/aromatic N) is 2. The van der Waals surface area contributed by atoms with E-state index in [-0.39, 0.29) is 12.5 Å². The van der Waals surface area contributed by atoms with Gasteiger partial charge in [0, 0.05) is 51.5 Å². The summed E-state index contributed by atoms with van der Waals surface area (Å²) in [7, 11) is 0. The highest BCUT2D eigenvalue weighted by Crippen LogP contribution is 2.28. The number of carbonyl (C=O) groups excluding carboxylic acids is 1. The number of aliphatic hydroxyl groups is 1. The van der Waals surface area contributed by atoms with Crippen molar-refractivity contribution in [2.45, 2.75) is 38.2 Å². The number of aliphatic hydroxyl groups excluding tert-OH is 1. The van der Waals surface area contributed by atoms with Gasteiger partial charge in [-0.2, -0.15) is 0 Å². The molecule has 0 radical (unpaired) electrons. The van der Waals surface area contributed by atoms with Crippen LogP contribution in [0, 0.1) is 0 Å². The molecule has 0 aliphatic carbocycles. The minimum Gasteiger partial charge on any atom is -0.396 e. The zero-order valence-corrected chi connectivity index (χ0v) is 14.3. The van der Waals surface area contributed by atoms with Gasteiger partial charge in [0.25, 0.3) is 0 Å². The van der Waals surface area contributed by atoms with Crippen LogP contribution in [0.5, 0.6) is 0 Å². The largest absolute Gasteiger partial charge is 0.396 e. The van der Waals surface area contributed by atoms with E-state index in [1.54, 1.807) is 0 Å². The number of fused-ring (bicyclic) bond motifs is 1. The van der Waals surface area contributed by atoms with E-state index in [1.165, 1.54) is 5.56 Å². The molecular formula is C19H28N2O3. The summed E-state index contributed by atoms with van der Waals surface area (Å²) in [6.07, 6.45) is 4.63. The van der Waals surface area contributed by atoms with Gasteiger partial charge in [0.1, 0.15) is 0 Å². The van der Waals surface area contributed by atoms with Gasteiger partial charge in [0.05, 0.1) is 6.10 Å². The average molecular weight is 332 g/mol. The maximum Gasteiger partial charge on any atom is 0.228 e. The monoisotopic (exact) mass is 332 g/mol. The maximum absolute atomic E-state index is 12.5. The Labute approximate surface area is 144 Å². The summed E-state index contributed by atoms with van der Waals surface area (Å²) in [6.45, 7) is 4.48. The predicted molar refractivity (Wildman–Crippen MR) is 94.2 cm³/mol. The second-order valence-electron chi connectivity index (χ2n) is 6.66. The van der Waals surface area contributed by atoms with E-state index < -0.39 is 0 Å². The van der Waals surface area contributed by atoms with E-state index in [9.17, 15) is 4.79 Å². The van der Waals surface area contributed by atoms with Crippen LogP contribution >= 0.6 is 0 Å². The number of amides is 1. The molecule has 1 N–H and O–H groups in total. The van der Waals surface area contributed by atoms with Crippen LogP contribution in [0.4, 0.5) is 5.69 Å². The van der Waals surface area contributed by atoms with E-state index in [0.29, 0.717) is 25.6 Å². The topological polar surface area (TPSA) is 53.0 Å². The molecule has 0 atom stereocenters. The Balaban J connectivity index is 1.39. The second-order valence-corrected chi connectivity index (χ2v) is 6.66. The summed E-state index contributed by atoms with van der Waals surface area (Å²) in [6, 6.07) is 8.21. The molecule has 0 saturated carbocycles. The van der Waals surface area contributed by atoms with Crippen LogP contribution in [0.1, 0.15) is 31.2 Å². The highest BCUT2D eigenvalue weighted by atomic mass is 16.5. The number of benzene rings is 1. The zero-order chi connectivity index (χ0) is 16.8. The van der Waals surface area contributed by atoms with Crippen molar-refractivity contribution < 1.29 is 14.6 Å². The lowest BCUT2D eigenvalue weighted by Crippen LogP contribution is -2.40. The third-order valence-corrected chi connectivity index (χ3v) is 5.02. The first-order chi connectivity index (χ1) is 11.8.